The van der Waals surface area contributed by atoms with Crippen LogP contribution in [0.5, 0.6) is 0 Å². The highest BCUT2D eigenvalue weighted by atomic mass is 16.3. The van der Waals surface area contributed by atoms with Gasteiger partial charge >= 0.3 is 0 Å². The number of hydrogen-bond acceptors (Lipinski definition) is 5. The molecule has 0 fully saturated rings. The summed E-state index contributed by atoms with van der Waals surface area (Å²) in [7, 11) is 0. The summed E-state index contributed by atoms with van der Waals surface area (Å²) in [5, 5.41) is 11.2. The van der Waals surface area contributed by atoms with Crippen LogP contribution in [0.3, 0.4) is 0 Å². The van der Waals surface area contributed by atoms with Crippen LogP contribution in [0, 0.1) is 17.8 Å². The molecule has 0 aliphatic heterocycles. The average molecular weight is 349 g/mol. The lowest BCUT2D eigenvalue weighted by Gasteiger charge is -2.18. The minimum Gasteiger partial charge on any atom is -0.389 e. The summed E-state index contributed by atoms with van der Waals surface area (Å²) in [4.78, 5) is 12.8. The molecule has 134 valence electrons. The molecule has 0 atom stereocenters. The molecule has 3 aromatic rings. The van der Waals surface area contributed by atoms with E-state index in [9.17, 15) is 5.11 Å². The van der Waals surface area contributed by atoms with Gasteiger partial charge in [-0.2, -0.15) is 0 Å². The lowest BCUT2D eigenvalue weighted by Crippen LogP contribution is -2.25. The van der Waals surface area contributed by atoms with Crippen LogP contribution in [-0.2, 0) is 6.54 Å². The Balaban J connectivity index is 2.21. The molecule has 0 unspecified atom stereocenters. The fourth-order valence-corrected chi connectivity index (χ4v) is 2.75. The van der Waals surface area contributed by atoms with Gasteiger partial charge in [0.25, 0.3) is 0 Å². The number of nitrogens with zero attached hydrogens (tertiary/aromatic N) is 4. The van der Waals surface area contributed by atoms with E-state index < -0.39 is 5.60 Å². The van der Waals surface area contributed by atoms with E-state index in [1.807, 2.05) is 36.7 Å². The zero-order valence-corrected chi connectivity index (χ0v) is 15.5. The van der Waals surface area contributed by atoms with Gasteiger partial charge in [-0.1, -0.05) is 19.8 Å². The molecule has 0 aliphatic rings. The Morgan fingerprint density at radius 2 is 2.08 bits per heavy atom. The molecule has 3 N–H and O–H groups in total. The van der Waals surface area contributed by atoms with Gasteiger partial charge in [-0.15, -0.1) is 0 Å². The molecule has 3 rings (SSSR count). The number of pyridine rings is 1. The molecule has 0 aliphatic carbocycles. The van der Waals surface area contributed by atoms with Crippen LogP contribution in [0.15, 0.2) is 30.7 Å². The van der Waals surface area contributed by atoms with Gasteiger partial charge < -0.3 is 15.4 Å². The van der Waals surface area contributed by atoms with Crippen molar-refractivity contribution in [2.75, 3.05) is 5.73 Å². The number of aliphatic hydroxyl groups is 1. The Bertz CT molecular complexity index is 1000. The molecule has 6 heteroatoms. The van der Waals surface area contributed by atoms with Gasteiger partial charge in [0, 0.05) is 29.3 Å². The second-order valence-electron chi connectivity index (χ2n) is 7.29. The predicted molar refractivity (Wildman–Crippen MR) is 103 cm³/mol. The highest BCUT2D eigenvalue weighted by Gasteiger charge is 2.18. The summed E-state index contributed by atoms with van der Waals surface area (Å²) in [5.41, 5.74) is 8.15. The first-order valence-corrected chi connectivity index (χ1v) is 8.54. The van der Waals surface area contributed by atoms with Crippen LogP contribution in [0.4, 0.5) is 5.95 Å². The molecule has 6 nitrogen and oxygen atoms in total. The number of nitrogen functional groups attached to an aromatic ring is 1. The van der Waals surface area contributed by atoms with Crippen molar-refractivity contribution in [3.05, 3.63) is 36.4 Å². The Morgan fingerprint density at radius 1 is 1.31 bits per heavy atom. The Labute approximate surface area is 153 Å². The Morgan fingerprint density at radius 3 is 2.73 bits per heavy atom. The van der Waals surface area contributed by atoms with Crippen molar-refractivity contribution >= 4 is 16.9 Å². The maximum Gasteiger partial charge on any atom is 0.220 e. The molecule has 3 aromatic heterocycles. The number of nitrogens with two attached hydrogens (primary N) is 1. The minimum absolute atomic E-state index is 0.222. The van der Waals surface area contributed by atoms with Crippen molar-refractivity contribution in [2.45, 2.75) is 39.8 Å². The molecule has 0 aromatic carbocycles. The molecule has 0 radical (unpaired) electrons. The second kappa shape index (κ2) is 6.77. The van der Waals surface area contributed by atoms with E-state index in [1.165, 1.54) is 0 Å². The lowest BCUT2D eigenvalue weighted by molar-refractivity contribution is 0.0628. The van der Waals surface area contributed by atoms with Crippen molar-refractivity contribution < 1.29 is 5.11 Å². The first-order valence-electron chi connectivity index (χ1n) is 8.54. The number of fused-ring (bicyclic) bond motifs is 1. The van der Waals surface area contributed by atoms with E-state index in [0.29, 0.717) is 12.2 Å². The van der Waals surface area contributed by atoms with Gasteiger partial charge in [-0.25, -0.2) is 15.0 Å². The summed E-state index contributed by atoms with van der Waals surface area (Å²) in [6.07, 6.45) is 5.39. The van der Waals surface area contributed by atoms with Gasteiger partial charge in [-0.3, -0.25) is 0 Å². The fraction of sp³-hybridized carbons (Fsp3) is 0.350. The first-order chi connectivity index (χ1) is 12.2. The number of anilines is 1. The summed E-state index contributed by atoms with van der Waals surface area (Å²) in [6, 6.07) is 3.78. The summed E-state index contributed by atoms with van der Waals surface area (Å²) >= 11 is 0. The maximum atomic E-state index is 10.2. The molecule has 3 heterocycles. The third-order valence-corrected chi connectivity index (χ3v) is 3.76. The summed E-state index contributed by atoms with van der Waals surface area (Å²) in [5.74, 6) is 6.74. The molecule has 0 saturated heterocycles. The SMILES string of the molecule is CC(C)C#Cc1cc2c(-c3ccnc(N)n3)cn(CC(C)(C)O)c2cn1. The molecule has 0 saturated carbocycles. The van der Waals surface area contributed by atoms with Gasteiger partial charge in [0.2, 0.25) is 5.95 Å². The predicted octanol–water partition coefficient (Wildman–Crippen LogP) is 2.85. The van der Waals surface area contributed by atoms with Crippen molar-refractivity contribution in [2.24, 2.45) is 5.92 Å². The summed E-state index contributed by atoms with van der Waals surface area (Å²) in [6.45, 7) is 8.07. The fourth-order valence-electron chi connectivity index (χ4n) is 2.75. The zero-order chi connectivity index (χ0) is 18.9. The maximum absolute atomic E-state index is 10.2. The Kier molecular flexibility index (Phi) is 4.66. The third kappa shape index (κ3) is 4.01. The second-order valence-corrected chi connectivity index (χ2v) is 7.29. The number of rotatable bonds is 3. The molecule has 0 amide bonds. The molecule has 26 heavy (non-hydrogen) atoms. The largest absolute Gasteiger partial charge is 0.389 e. The van der Waals surface area contributed by atoms with Crippen molar-refractivity contribution in [3.8, 4) is 23.1 Å². The zero-order valence-electron chi connectivity index (χ0n) is 15.5. The highest BCUT2D eigenvalue weighted by Crippen LogP contribution is 2.30. The van der Waals surface area contributed by atoms with E-state index in [1.54, 1.807) is 26.2 Å². The minimum atomic E-state index is -0.857. The molecular formula is C20H23N5O. The van der Waals surface area contributed by atoms with Crippen molar-refractivity contribution in [1.29, 1.82) is 0 Å². The van der Waals surface area contributed by atoms with Crippen LogP contribution >= 0.6 is 0 Å². The molecular weight excluding hydrogens is 326 g/mol. The van der Waals surface area contributed by atoms with E-state index in [2.05, 4.69) is 26.8 Å². The topological polar surface area (TPSA) is 89.8 Å². The van der Waals surface area contributed by atoms with Crippen molar-refractivity contribution in [1.82, 2.24) is 19.5 Å². The van der Waals surface area contributed by atoms with Gasteiger partial charge in [-0.05, 0) is 31.9 Å². The quantitative estimate of drug-likeness (QED) is 0.710. The van der Waals surface area contributed by atoms with E-state index >= 15 is 0 Å². The summed E-state index contributed by atoms with van der Waals surface area (Å²) < 4.78 is 1.98. The number of hydrogen-bond donors (Lipinski definition) is 2. The van der Waals surface area contributed by atoms with Crippen LogP contribution in [0.1, 0.15) is 33.4 Å². The van der Waals surface area contributed by atoms with Gasteiger partial charge in [0.1, 0.15) is 5.69 Å². The van der Waals surface area contributed by atoms with Gasteiger partial charge in [0.15, 0.2) is 0 Å². The molecule has 0 spiro atoms. The Hall–Kier alpha value is -2.91. The van der Waals surface area contributed by atoms with Crippen molar-refractivity contribution in [3.63, 3.8) is 0 Å². The van der Waals surface area contributed by atoms with E-state index in [-0.39, 0.29) is 11.9 Å². The third-order valence-electron chi connectivity index (χ3n) is 3.76. The van der Waals surface area contributed by atoms with Crippen LogP contribution < -0.4 is 5.73 Å². The van der Waals surface area contributed by atoms with Crippen LogP contribution in [-0.4, -0.2) is 30.2 Å². The smallest absolute Gasteiger partial charge is 0.220 e. The van der Waals surface area contributed by atoms with Crippen LogP contribution in [0.2, 0.25) is 0 Å². The van der Waals surface area contributed by atoms with Gasteiger partial charge in [0.05, 0.1) is 29.6 Å². The first kappa shape index (κ1) is 17.9. The normalized spacial score (nSPS) is 11.6. The monoisotopic (exact) mass is 349 g/mol. The van der Waals surface area contributed by atoms with E-state index in [0.717, 1.165) is 22.2 Å². The molecule has 0 bridgehead atoms. The van der Waals surface area contributed by atoms with E-state index in [4.69, 9.17) is 5.73 Å². The average Bonchev–Trinajstić information content (AvgIpc) is 2.89. The lowest BCUT2D eigenvalue weighted by atomic mass is 10.1. The van der Waals surface area contributed by atoms with Crippen LogP contribution in [0.25, 0.3) is 22.2 Å². The number of aromatic nitrogens is 4. The standard InChI is InChI=1S/C20H23N5O/c1-13(2)5-6-14-9-15-16(17-7-8-22-19(21)24-17)11-25(12-20(3,4)26)18(15)10-23-14/h7-11,13,26H,12H2,1-4H3,(H2,21,22,24). The highest BCUT2D eigenvalue weighted by molar-refractivity contribution is 5.95.